The maximum Gasteiger partial charge on any atom is 0.306 e. The molecule has 0 aliphatic heterocycles. The molecule has 0 heterocycles. The van der Waals surface area contributed by atoms with E-state index in [1.807, 2.05) is 0 Å². The van der Waals surface area contributed by atoms with E-state index in [4.69, 9.17) is 9.84 Å². The quantitative estimate of drug-likeness (QED) is 0.0864. The summed E-state index contributed by atoms with van der Waals surface area (Å²) in [5.41, 5.74) is 0. The van der Waals surface area contributed by atoms with Gasteiger partial charge < -0.3 is 9.84 Å². The van der Waals surface area contributed by atoms with Crippen LogP contribution < -0.4 is 0 Å². The molecule has 0 rings (SSSR count). The van der Waals surface area contributed by atoms with Gasteiger partial charge in [-0.2, -0.15) is 0 Å². The molecule has 0 aromatic heterocycles. The minimum absolute atomic E-state index is 0.0895. The summed E-state index contributed by atoms with van der Waals surface area (Å²) in [6.45, 7) is 4.51. The summed E-state index contributed by atoms with van der Waals surface area (Å²) in [6, 6.07) is 0. The Morgan fingerprint density at radius 3 is 1.31 bits per heavy atom. The Bertz CT molecular complexity index is 463. The van der Waals surface area contributed by atoms with E-state index in [-0.39, 0.29) is 18.5 Å². The molecule has 0 saturated carbocycles. The van der Waals surface area contributed by atoms with Crippen LogP contribution in [-0.2, 0) is 14.3 Å². The average Bonchev–Trinajstić information content (AvgIpc) is 2.83. The molecule has 4 heteroatoms. The van der Waals surface area contributed by atoms with Crippen molar-refractivity contribution in [1.82, 2.24) is 0 Å². The average molecular weight is 497 g/mol. The zero-order valence-electron chi connectivity index (χ0n) is 23.6. The standard InChI is InChI=1S/C31H60O4/c1-3-5-7-9-11-13-15-17-19-21-23-28-31(34)35-29(26-24-27-30(32)33)25-22-20-18-16-14-12-10-8-6-4-2/h29H,3-28H2,1-2H3,(H,32,33). The highest BCUT2D eigenvalue weighted by atomic mass is 16.5. The molecule has 0 spiro atoms. The van der Waals surface area contributed by atoms with Crippen LogP contribution >= 0.6 is 0 Å². The number of aliphatic carboxylic acids is 1. The van der Waals surface area contributed by atoms with Gasteiger partial charge in [0, 0.05) is 12.8 Å². The zero-order valence-corrected chi connectivity index (χ0v) is 23.6. The summed E-state index contributed by atoms with van der Waals surface area (Å²) < 4.78 is 5.77. The number of ether oxygens (including phenoxy) is 1. The summed E-state index contributed by atoms with van der Waals surface area (Å²) in [7, 11) is 0. The van der Waals surface area contributed by atoms with Crippen molar-refractivity contribution in [1.29, 1.82) is 0 Å². The maximum absolute atomic E-state index is 12.4. The molecule has 0 aliphatic carbocycles. The molecular weight excluding hydrogens is 436 g/mol. The lowest BCUT2D eigenvalue weighted by atomic mass is 10.0. The molecule has 0 aliphatic rings. The molecule has 1 N–H and O–H groups in total. The SMILES string of the molecule is CCCCCCCCCCCCCC(=O)OC(CCCCCCCCCCCC)CCCC(=O)O. The molecular formula is C31H60O4. The van der Waals surface area contributed by atoms with Gasteiger partial charge in [0.25, 0.3) is 0 Å². The van der Waals surface area contributed by atoms with Crippen LogP contribution in [0.3, 0.4) is 0 Å². The van der Waals surface area contributed by atoms with Crippen LogP contribution in [0.2, 0.25) is 0 Å². The fraction of sp³-hybridized carbons (Fsp3) is 0.935. The van der Waals surface area contributed by atoms with E-state index >= 15 is 0 Å². The molecule has 0 radical (unpaired) electrons. The third-order valence-corrected chi connectivity index (χ3v) is 7.08. The van der Waals surface area contributed by atoms with Gasteiger partial charge in [-0.25, -0.2) is 0 Å². The second-order valence-corrected chi connectivity index (χ2v) is 10.7. The van der Waals surface area contributed by atoms with Crippen molar-refractivity contribution in [2.75, 3.05) is 0 Å². The summed E-state index contributed by atoms with van der Waals surface area (Å²) in [5, 5.41) is 8.93. The fourth-order valence-electron chi connectivity index (χ4n) is 4.78. The molecule has 0 amide bonds. The highest BCUT2D eigenvalue weighted by Gasteiger charge is 2.15. The van der Waals surface area contributed by atoms with Crippen molar-refractivity contribution < 1.29 is 19.4 Å². The molecule has 0 fully saturated rings. The van der Waals surface area contributed by atoms with E-state index < -0.39 is 5.97 Å². The first-order valence-electron chi connectivity index (χ1n) is 15.5. The van der Waals surface area contributed by atoms with E-state index in [1.165, 1.54) is 116 Å². The molecule has 0 aromatic carbocycles. The lowest BCUT2D eigenvalue weighted by Crippen LogP contribution is -2.18. The Morgan fingerprint density at radius 2 is 0.886 bits per heavy atom. The molecule has 0 saturated heterocycles. The number of carboxylic acids is 1. The van der Waals surface area contributed by atoms with Gasteiger partial charge in [-0.05, 0) is 32.1 Å². The van der Waals surface area contributed by atoms with E-state index in [9.17, 15) is 9.59 Å². The Labute approximate surface area is 218 Å². The number of esters is 1. The Balaban J connectivity index is 3.86. The minimum Gasteiger partial charge on any atom is -0.481 e. The second kappa shape index (κ2) is 27.5. The van der Waals surface area contributed by atoms with E-state index in [0.717, 1.165) is 25.7 Å². The van der Waals surface area contributed by atoms with Gasteiger partial charge in [-0.1, -0.05) is 136 Å². The number of carbonyl (C=O) groups excluding carboxylic acids is 1. The van der Waals surface area contributed by atoms with Crippen molar-refractivity contribution in [2.24, 2.45) is 0 Å². The van der Waals surface area contributed by atoms with Crippen LogP contribution in [-0.4, -0.2) is 23.1 Å². The third kappa shape index (κ3) is 27.4. The smallest absolute Gasteiger partial charge is 0.306 e. The van der Waals surface area contributed by atoms with Crippen LogP contribution in [0.15, 0.2) is 0 Å². The molecule has 0 bridgehead atoms. The summed E-state index contributed by atoms with van der Waals surface area (Å²) in [5.74, 6) is -0.858. The molecule has 0 aromatic rings. The summed E-state index contributed by atoms with van der Waals surface area (Å²) in [6.07, 6.45) is 29.6. The van der Waals surface area contributed by atoms with Gasteiger partial charge in [0.1, 0.15) is 6.10 Å². The van der Waals surface area contributed by atoms with E-state index in [0.29, 0.717) is 19.3 Å². The largest absolute Gasteiger partial charge is 0.481 e. The van der Waals surface area contributed by atoms with Crippen LogP contribution in [0.1, 0.15) is 181 Å². The number of hydrogen-bond donors (Lipinski definition) is 1. The molecule has 4 nitrogen and oxygen atoms in total. The maximum atomic E-state index is 12.4. The normalized spacial score (nSPS) is 12.1. The molecule has 1 unspecified atom stereocenters. The van der Waals surface area contributed by atoms with Crippen LogP contribution in [0.4, 0.5) is 0 Å². The molecule has 35 heavy (non-hydrogen) atoms. The number of rotatable bonds is 28. The van der Waals surface area contributed by atoms with Crippen molar-refractivity contribution in [3.05, 3.63) is 0 Å². The monoisotopic (exact) mass is 496 g/mol. The van der Waals surface area contributed by atoms with Crippen molar-refractivity contribution in [3.63, 3.8) is 0 Å². The van der Waals surface area contributed by atoms with Crippen LogP contribution in [0.25, 0.3) is 0 Å². The number of carbonyl (C=O) groups is 2. The number of carboxylic acid groups (broad SMARTS) is 1. The minimum atomic E-state index is -0.769. The van der Waals surface area contributed by atoms with Gasteiger partial charge >= 0.3 is 11.9 Å². The van der Waals surface area contributed by atoms with E-state index in [1.54, 1.807) is 0 Å². The van der Waals surface area contributed by atoms with Crippen LogP contribution in [0.5, 0.6) is 0 Å². The zero-order chi connectivity index (χ0) is 25.8. The van der Waals surface area contributed by atoms with Crippen molar-refractivity contribution >= 4 is 11.9 Å². The number of unbranched alkanes of at least 4 members (excludes halogenated alkanes) is 19. The summed E-state index contributed by atoms with van der Waals surface area (Å²) in [4.78, 5) is 23.2. The number of hydrogen-bond acceptors (Lipinski definition) is 3. The highest BCUT2D eigenvalue weighted by molar-refractivity contribution is 5.69. The first-order chi connectivity index (χ1) is 17.1. The Kier molecular flexibility index (Phi) is 26.7. The first-order valence-corrected chi connectivity index (χ1v) is 15.5. The van der Waals surface area contributed by atoms with Gasteiger partial charge in [0.2, 0.25) is 0 Å². The summed E-state index contributed by atoms with van der Waals surface area (Å²) >= 11 is 0. The van der Waals surface area contributed by atoms with Crippen LogP contribution in [0, 0.1) is 0 Å². The lowest BCUT2D eigenvalue weighted by molar-refractivity contribution is -0.150. The van der Waals surface area contributed by atoms with Crippen molar-refractivity contribution in [2.45, 2.75) is 187 Å². The predicted octanol–water partition coefficient (Wildman–Crippen LogP) is 10.2. The lowest BCUT2D eigenvalue weighted by Gasteiger charge is -2.18. The van der Waals surface area contributed by atoms with Gasteiger partial charge in [0.05, 0.1) is 0 Å². The molecule has 208 valence electrons. The highest BCUT2D eigenvalue weighted by Crippen LogP contribution is 2.18. The van der Waals surface area contributed by atoms with Gasteiger partial charge in [-0.15, -0.1) is 0 Å². The Morgan fingerprint density at radius 1 is 0.514 bits per heavy atom. The van der Waals surface area contributed by atoms with Crippen molar-refractivity contribution in [3.8, 4) is 0 Å². The topological polar surface area (TPSA) is 63.6 Å². The Hall–Kier alpha value is -1.06. The first kappa shape index (κ1) is 33.9. The second-order valence-electron chi connectivity index (χ2n) is 10.7. The fourth-order valence-corrected chi connectivity index (χ4v) is 4.78. The van der Waals surface area contributed by atoms with E-state index in [2.05, 4.69) is 13.8 Å². The van der Waals surface area contributed by atoms with Gasteiger partial charge in [-0.3, -0.25) is 9.59 Å². The molecule has 1 atom stereocenters. The third-order valence-electron chi connectivity index (χ3n) is 7.08. The van der Waals surface area contributed by atoms with Gasteiger partial charge in [0.15, 0.2) is 0 Å². The predicted molar refractivity (Wildman–Crippen MR) is 149 cm³/mol.